The maximum absolute atomic E-state index is 5.68. The van der Waals surface area contributed by atoms with E-state index in [4.69, 9.17) is 4.74 Å². The molecule has 2 unspecified atom stereocenters. The van der Waals surface area contributed by atoms with Gasteiger partial charge in [-0.3, -0.25) is 4.90 Å². The Morgan fingerprint density at radius 2 is 2.11 bits per heavy atom. The van der Waals surface area contributed by atoms with Crippen LogP contribution in [-0.4, -0.2) is 36.2 Å². The number of nitrogens with one attached hydrogen (secondary N) is 1. The summed E-state index contributed by atoms with van der Waals surface area (Å²) in [5.74, 6) is 0.975. The highest BCUT2D eigenvalue weighted by Gasteiger charge is 2.38. The summed E-state index contributed by atoms with van der Waals surface area (Å²) in [7, 11) is 0. The lowest BCUT2D eigenvalue weighted by Gasteiger charge is -2.20. The highest BCUT2D eigenvalue weighted by Crippen LogP contribution is 2.35. The van der Waals surface area contributed by atoms with Crippen LogP contribution in [0.4, 0.5) is 5.69 Å². The topological polar surface area (TPSA) is 24.5 Å². The fourth-order valence-corrected chi connectivity index (χ4v) is 3.16. The molecule has 19 heavy (non-hydrogen) atoms. The number of hydrogen-bond acceptors (Lipinski definition) is 3. The van der Waals surface area contributed by atoms with Crippen LogP contribution in [0.2, 0.25) is 0 Å². The van der Waals surface area contributed by atoms with Crippen molar-refractivity contribution in [3.8, 4) is 5.75 Å². The van der Waals surface area contributed by atoms with Crippen molar-refractivity contribution in [1.29, 1.82) is 0 Å². The average molecular weight is 260 g/mol. The van der Waals surface area contributed by atoms with Gasteiger partial charge in [0.1, 0.15) is 5.75 Å². The number of anilines is 1. The normalized spacial score (nSPS) is 27.5. The molecule has 1 aromatic carbocycles. The Balaban J connectivity index is 1.65. The zero-order valence-electron chi connectivity index (χ0n) is 11.9. The average Bonchev–Trinajstić information content (AvgIpc) is 3.17. The third-order valence-corrected chi connectivity index (χ3v) is 4.19. The molecule has 1 aromatic rings. The third-order valence-electron chi connectivity index (χ3n) is 4.19. The van der Waals surface area contributed by atoms with Crippen molar-refractivity contribution < 1.29 is 4.74 Å². The summed E-state index contributed by atoms with van der Waals surface area (Å²) < 4.78 is 5.68. The molecule has 3 nitrogen and oxygen atoms in total. The van der Waals surface area contributed by atoms with Crippen molar-refractivity contribution >= 4 is 5.69 Å². The van der Waals surface area contributed by atoms with E-state index in [-0.39, 0.29) is 0 Å². The zero-order chi connectivity index (χ0) is 13.2. The minimum absolute atomic E-state index is 0.553. The van der Waals surface area contributed by atoms with Crippen LogP contribution in [0.15, 0.2) is 24.3 Å². The number of likely N-dealkylation sites (tertiary alicyclic amines) is 1. The Hall–Kier alpha value is -1.22. The number of nitrogens with zero attached hydrogens (tertiary/aromatic N) is 1. The van der Waals surface area contributed by atoms with Crippen molar-refractivity contribution in [2.24, 2.45) is 0 Å². The molecule has 1 saturated heterocycles. The second-order valence-corrected chi connectivity index (χ2v) is 5.78. The van der Waals surface area contributed by atoms with Gasteiger partial charge in [0.15, 0.2) is 0 Å². The predicted molar refractivity (Wildman–Crippen MR) is 78.8 cm³/mol. The van der Waals surface area contributed by atoms with Crippen molar-refractivity contribution in [3.63, 3.8) is 0 Å². The summed E-state index contributed by atoms with van der Waals surface area (Å²) >= 11 is 0. The predicted octanol–water partition coefficient (Wildman–Crippen LogP) is 3.12. The molecule has 3 heteroatoms. The fourth-order valence-electron chi connectivity index (χ4n) is 3.16. The van der Waals surface area contributed by atoms with Gasteiger partial charge in [-0.25, -0.2) is 0 Å². The van der Waals surface area contributed by atoms with Crippen LogP contribution < -0.4 is 10.1 Å². The lowest BCUT2D eigenvalue weighted by Crippen LogP contribution is -2.31. The van der Waals surface area contributed by atoms with Crippen LogP contribution in [0, 0.1) is 0 Å². The van der Waals surface area contributed by atoms with E-state index in [1.54, 1.807) is 0 Å². The number of rotatable bonds is 5. The van der Waals surface area contributed by atoms with Gasteiger partial charge in [-0.05, 0) is 45.2 Å². The summed E-state index contributed by atoms with van der Waals surface area (Å²) in [5, 5.41) is 3.67. The molecule has 1 aliphatic carbocycles. The molecule has 2 fully saturated rings. The first-order valence-electron chi connectivity index (χ1n) is 7.52. The van der Waals surface area contributed by atoms with E-state index in [0.717, 1.165) is 17.5 Å². The number of ether oxygens (including phenoxy) is 1. The van der Waals surface area contributed by atoms with Crippen LogP contribution in [-0.2, 0) is 0 Å². The molecule has 3 rings (SSSR count). The van der Waals surface area contributed by atoms with Gasteiger partial charge < -0.3 is 10.1 Å². The molecule has 1 saturated carbocycles. The SMILES string of the molecule is CCOc1ccccc1NC1CC(C)N(C2CC2)C1. The number of para-hydroxylation sites is 2. The molecule has 2 aliphatic rings. The van der Waals surface area contributed by atoms with Gasteiger partial charge >= 0.3 is 0 Å². The quantitative estimate of drug-likeness (QED) is 0.880. The highest BCUT2D eigenvalue weighted by molar-refractivity contribution is 5.57. The second kappa shape index (κ2) is 5.41. The van der Waals surface area contributed by atoms with Gasteiger partial charge in [0, 0.05) is 24.7 Å². The monoisotopic (exact) mass is 260 g/mol. The summed E-state index contributed by atoms with van der Waals surface area (Å²) in [6.07, 6.45) is 4.02. The molecular weight excluding hydrogens is 236 g/mol. The van der Waals surface area contributed by atoms with Gasteiger partial charge in [0.2, 0.25) is 0 Å². The second-order valence-electron chi connectivity index (χ2n) is 5.78. The van der Waals surface area contributed by atoms with E-state index in [0.29, 0.717) is 18.7 Å². The summed E-state index contributed by atoms with van der Waals surface area (Å²) in [6.45, 7) is 6.28. The third kappa shape index (κ3) is 2.86. The van der Waals surface area contributed by atoms with Crippen LogP contribution in [0.1, 0.15) is 33.1 Å². The van der Waals surface area contributed by atoms with Gasteiger partial charge in [-0.15, -0.1) is 0 Å². The zero-order valence-corrected chi connectivity index (χ0v) is 11.9. The first kappa shape index (κ1) is 12.8. The molecular formula is C16H24N2O. The minimum Gasteiger partial charge on any atom is -0.492 e. The lowest BCUT2D eigenvalue weighted by molar-refractivity contribution is 0.257. The first-order chi connectivity index (χ1) is 9.28. The number of hydrogen-bond donors (Lipinski definition) is 1. The molecule has 1 heterocycles. The molecule has 1 N–H and O–H groups in total. The van der Waals surface area contributed by atoms with Crippen LogP contribution >= 0.6 is 0 Å². The molecule has 0 radical (unpaired) electrons. The Labute approximate surface area is 115 Å². The fraction of sp³-hybridized carbons (Fsp3) is 0.625. The van der Waals surface area contributed by atoms with Crippen LogP contribution in [0.25, 0.3) is 0 Å². The summed E-state index contributed by atoms with van der Waals surface area (Å²) in [5.41, 5.74) is 1.14. The van der Waals surface area contributed by atoms with Crippen LogP contribution in [0.5, 0.6) is 5.75 Å². The molecule has 0 aromatic heterocycles. The molecule has 104 valence electrons. The van der Waals surface area contributed by atoms with E-state index in [1.807, 2.05) is 19.1 Å². The smallest absolute Gasteiger partial charge is 0.142 e. The van der Waals surface area contributed by atoms with Gasteiger partial charge in [-0.2, -0.15) is 0 Å². The standard InChI is InChI=1S/C16H24N2O/c1-3-19-16-7-5-4-6-15(16)17-13-10-12(2)18(11-13)14-8-9-14/h4-7,12-14,17H,3,8-11H2,1-2H3. The summed E-state index contributed by atoms with van der Waals surface area (Å²) in [6, 6.07) is 10.4. The van der Waals surface area contributed by atoms with E-state index < -0.39 is 0 Å². The van der Waals surface area contributed by atoms with Crippen LogP contribution in [0.3, 0.4) is 0 Å². The molecule has 0 bridgehead atoms. The van der Waals surface area contributed by atoms with Gasteiger partial charge in [-0.1, -0.05) is 12.1 Å². The van der Waals surface area contributed by atoms with E-state index in [1.165, 1.54) is 25.8 Å². The molecule has 0 amide bonds. The van der Waals surface area contributed by atoms with Crippen molar-refractivity contribution in [2.75, 3.05) is 18.5 Å². The van der Waals surface area contributed by atoms with E-state index in [2.05, 4.69) is 29.3 Å². The van der Waals surface area contributed by atoms with Gasteiger partial charge in [0.05, 0.1) is 12.3 Å². The maximum Gasteiger partial charge on any atom is 0.142 e. The Kier molecular flexibility index (Phi) is 3.65. The van der Waals surface area contributed by atoms with E-state index >= 15 is 0 Å². The Morgan fingerprint density at radius 3 is 2.84 bits per heavy atom. The lowest BCUT2D eigenvalue weighted by atomic mass is 10.2. The largest absolute Gasteiger partial charge is 0.492 e. The Morgan fingerprint density at radius 1 is 1.32 bits per heavy atom. The van der Waals surface area contributed by atoms with Crippen molar-refractivity contribution in [3.05, 3.63) is 24.3 Å². The molecule has 0 spiro atoms. The highest BCUT2D eigenvalue weighted by atomic mass is 16.5. The molecule has 2 atom stereocenters. The number of benzene rings is 1. The van der Waals surface area contributed by atoms with E-state index in [9.17, 15) is 0 Å². The first-order valence-corrected chi connectivity index (χ1v) is 7.52. The van der Waals surface area contributed by atoms with Crippen molar-refractivity contribution in [2.45, 2.75) is 51.2 Å². The minimum atomic E-state index is 0.553. The maximum atomic E-state index is 5.68. The van der Waals surface area contributed by atoms with Crippen molar-refractivity contribution in [1.82, 2.24) is 4.90 Å². The summed E-state index contributed by atoms with van der Waals surface area (Å²) in [4.78, 5) is 2.67. The van der Waals surface area contributed by atoms with Gasteiger partial charge in [0.25, 0.3) is 0 Å². The Bertz CT molecular complexity index is 431. The molecule has 1 aliphatic heterocycles.